The molecule has 1 aromatic heterocycles. The summed E-state index contributed by atoms with van der Waals surface area (Å²) in [6.45, 7) is -0.321. The first-order valence-electron chi connectivity index (χ1n) is 5.06. The van der Waals surface area contributed by atoms with Crippen molar-refractivity contribution in [2.24, 2.45) is 0 Å². The molecular formula is C11H12N2O3S. The Morgan fingerprint density at radius 3 is 3.06 bits per heavy atom. The molecule has 1 aromatic carbocycles. The maximum atomic E-state index is 11.3. The van der Waals surface area contributed by atoms with Crippen molar-refractivity contribution < 1.29 is 14.6 Å². The van der Waals surface area contributed by atoms with Crippen LogP contribution < -0.4 is 5.32 Å². The van der Waals surface area contributed by atoms with Crippen molar-refractivity contribution in [2.75, 3.05) is 19.0 Å². The summed E-state index contributed by atoms with van der Waals surface area (Å²) in [4.78, 5) is 11.3. The fourth-order valence-electron chi connectivity index (χ4n) is 1.47. The number of aromatic nitrogens is 1. The fourth-order valence-corrected chi connectivity index (χ4v) is 2.29. The van der Waals surface area contributed by atoms with E-state index >= 15 is 0 Å². The summed E-state index contributed by atoms with van der Waals surface area (Å²) < 4.78 is 8.82. The van der Waals surface area contributed by atoms with E-state index in [0.717, 1.165) is 15.9 Å². The Morgan fingerprint density at radius 1 is 1.59 bits per heavy atom. The zero-order valence-electron chi connectivity index (χ0n) is 9.21. The zero-order valence-corrected chi connectivity index (χ0v) is 10.0. The predicted molar refractivity (Wildman–Crippen MR) is 66.1 cm³/mol. The monoisotopic (exact) mass is 252 g/mol. The maximum absolute atomic E-state index is 11.3. The molecule has 0 bridgehead atoms. The molecule has 90 valence electrons. The number of nitrogens with one attached hydrogen (secondary N) is 1. The van der Waals surface area contributed by atoms with Gasteiger partial charge in [-0.3, -0.25) is 0 Å². The molecule has 0 amide bonds. The summed E-state index contributed by atoms with van der Waals surface area (Å²) in [5.41, 5.74) is 0.863. The molecule has 0 aliphatic rings. The number of benzene rings is 1. The van der Waals surface area contributed by atoms with Crippen molar-refractivity contribution in [1.29, 1.82) is 0 Å². The van der Waals surface area contributed by atoms with Crippen LogP contribution in [0.25, 0.3) is 10.9 Å². The van der Waals surface area contributed by atoms with Crippen molar-refractivity contribution in [3.8, 4) is 0 Å². The van der Waals surface area contributed by atoms with Crippen molar-refractivity contribution in [1.82, 2.24) is 4.37 Å². The van der Waals surface area contributed by atoms with Gasteiger partial charge in [0.05, 0.1) is 19.2 Å². The Hall–Kier alpha value is -1.66. The van der Waals surface area contributed by atoms with E-state index < -0.39 is 12.0 Å². The summed E-state index contributed by atoms with van der Waals surface area (Å²) >= 11 is 1.25. The molecule has 0 saturated carbocycles. The van der Waals surface area contributed by atoms with E-state index in [4.69, 9.17) is 5.11 Å². The number of aliphatic hydroxyl groups is 1. The van der Waals surface area contributed by atoms with Gasteiger partial charge in [-0.1, -0.05) is 12.1 Å². The number of ether oxygens (including phenoxy) is 1. The molecule has 0 aliphatic carbocycles. The number of hydrogen-bond donors (Lipinski definition) is 2. The van der Waals surface area contributed by atoms with Gasteiger partial charge in [0.25, 0.3) is 0 Å². The quantitative estimate of drug-likeness (QED) is 0.801. The third kappa shape index (κ3) is 2.37. The third-order valence-corrected chi connectivity index (χ3v) is 3.17. The smallest absolute Gasteiger partial charge is 0.330 e. The highest BCUT2D eigenvalue weighted by Crippen LogP contribution is 2.27. The highest BCUT2D eigenvalue weighted by Gasteiger charge is 2.19. The fraction of sp³-hybridized carbons (Fsp3) is 0.273. The standard InChI is InChI=1S/C11H12N2O3S/c1-16-11(15)9(6-14)12-10-7-4-2-3-5-8(7)13-17-10/h2-5,9,12,14H,6H2,1H3. The lowest BCUT2D eigenvalue weighted by molar-refractivity contribution is -0.142. The minimum Gasteiger partial charge on any atom is -0.467 e. The molecule has 0 spiro atoms. The predicted octanol–water partition coefficient (Wildman–Crippen LogP) is 1.24. The van der Waals surface area contributed by atoms with Gasteiger partial charge in [0.2, 0.25) is 0 Å². The molecule has 2 N–H and O–H groups in total. The summed E-state index contributed by atoms with van der Waals surface area (Å²) in [5.74, 6) is -0.495. The van der Waals surface area contributed by atoms with Gasteiger partial charge in [-0.2, -0.15) is 4.37 Å². The molecule has 0 saturated heterocycles. The van der Waals surface area contributed by atoms with Gasteiger partial charge in [0, 0.05) is 5.39 Å². The number of esters is 1. The van der Waals surface area contributed by atoms with Gasteiger partial charge < -0.3 is 15.2 Å². The molecule has 17 heavy (non-hydrogen) atoms. The first-order valence-corrected chi connectivity index (χ1v) is 5.83. The van der Waals surface area contributed by atoms with Crippen molar-refractivity contribution in [3.05, 3.63) is 24.3 Å². The van der Waals surface area contributed by atoms with Gasteiger partial charge in [0.15, 0.2) is 0 Å². The van der Waals surface area contributed by atoms with E-state index in [9.17, 15) is 4.79 Å². The van der Waals surface area contributed by atoms with E-state index in [1.165, 1.54) is 18.6 Å². The topological polar surface area (TPSA) is 71.5 Å². The molecule has 2 rings (SSSR count). The van der Waals surface area contributed by atoms with E-state index in [2.05, 4.69) is 14.4 Å². The molecule has 0 aliphatic heterocycles. The maximum Gasteiger partial charge on any atom is 0.330 e. The summed E-state index contributed by atoms with van der Waals surface area (Å²) in [7, 11) is 1.29. The zero-order chi connectivity index (χ0) is 12.3. The number of nitrogens with zero attached hydrogens (tertiary/aromatic N) is 1. The Morgan fingerprint density at radius 2 is 2.35 bits per heavy atom. The SMILES string of the molecule is COC(=O)C(CO)Nc1snc2ccccc12. The number of fused-ring (bicyclic) bond motifs is 1. The van der Waals surface area contributed by atoms with Crippen LogP contribution in [0.4, 0.5) is 5.00 Å². The molecule has 0 radical (unpaired) electrons. The second kappa shape index (κ2) is 5.11. The number of methoxy groups -OCH3 is 1. The summed E-state index contributed by atoms with van der Waals surface area (Å²) in [6.07, 6.45) is 0. The summed E-state index contributed by atoms with van der Waals surface area (Å²) in [5, 5.41) is 13.7. The molecule has 0 fully saturated rings. The number of aliphatic hydroxyl groups excluding tert-OH is 1. The highest BCUT2D eigenvalue weighted by molar-refractivity contribution is 7.11. The minimum absolute atomic E-state index is 0.321. The van der Waals surface area contributed by atoms with Crippen LogP contribution in [-0.4, -0.2) is 35.2 Å². The van der Waals surface area contributed by atoms with Crippen molar-refractivity contribution >= 4 is 33.4 Å². The molecule has 1 atom stereocenters. The van der Waals surface area contributed by atoms with E-state index in [-0.39, 0.29) is 6.61 Å². The van der Waals surface area contributed by atoms with Crippen LogP contribution in [0.15, 0.2) is 24.3 Å². The van der Waals surface area contributed by atoms with Crippen LogP contribution >= 0.6 is 11.5 Å². The van der Waals surface area contributed by atoms with Crippen molar-refractivity contribution in [3.63, 3.8) is 0 Å². The van der Waals surface area contributed by atoms with Crippen LogP contribution in [0, 0.1) is 0 Å². The molecule has 2 aromatic rings. The first-order chi connectivity index (χ1) is 8.26. The lowest BCUT2D eigenvalue weighted by Gasteiger charge is -2.13. The Kier molecular flexibility index (Phi) is 3.55. The molecule has 1 heterocycles. The first kappa shape index (κ1) is 11.8. The largest absolute Gasteiger partial charge is 0.467 e. The number of hydrogen-bond acceptors (Lipinski definition) is 6. The Bertz CT molecular complexity index is 526. The minimum atomic E-state index is -0.760. The Labute approximate surface area is 102 Å². The van der Waals surface area contributed by atoms with Crippen molar-refractivity contribution in [2.45, 2.75) is 6.04 Å². The van der Waals surface area contributed by atoms with Crippen LogP contribution in [0.5, 0.6) is 0 Å². The highest BCUT2D eigenvalue weighted by atomic mass is 32.1. The van der Waals surface area contributed by atoms with Crippen LogP contribution in [0.1, 0.15) is 0 Å². The van der Waals surface area contributed by atoms with Gasteiger partial charge >= 0.3 is 5.97 Å². The van der Waals surface area contributed by atoms with Gasteiger partial charge in [0.1, 0.15) is 11.0 Å². The van der Waals surface area contributed by atoms with E-state index in [1.54, 1.807) is 0 Å². The second-order valence-electron chi connectivity index (χ2n) is 3.43. The average molecular weight is 252 g/mol. The van der Waals surface area contributed by atoms with Gasteiger partial charge in [-0.15, -0.1) is 0 Å². The van der Waals surface area contributed by atoms with Crippen LogP contribution in [0.2, 0.25) is 0 Å². The number of carbonyl (C=O) groups is 1. The lowest BCUT2D eigenvalue weighted by atomic mass is 10.2. The lowest BCUT2D eigenvalue weighted by Crippen LogP contribution is -2.33. The van der Waals surface area contributed by atoms with Gasteiger partial charge in [-0.25, -0.2) is 4.79 Å². The molecule has 5 nitrogen and oxygen atoms in total. The normalized spacial score (nSPS) is 12.4. The molecular weight excluding hydrogens is 240 g/mol. The average Bonchev–Trinajstić information content (AvgIpc) is 2.78. The molecule has 1 unspecified atom stereocenters. The second-order valence-corrected chi connectivity index (χ2v) is 4.20. The number of carbonyl (C=O) groups excluding carboxylic acids is 1. The summed E-state index contributed by atoms with van der Waals surface area (Å²) in [6, 6.07) is 6.84. The van der Waals surface area contributed by atoms with E-state index in [1.807, 2.05) is 24.3 Å². The van der Waals surface area contributed by atoms with Gasteiger partial charge in [-0.05, 0) is 23.7 Å². The third-order valence-electron chi connectivity index (χ3n) is 2.36. The van der Waals surface area contributed by atoms with Crippen LogP contribution in [0.3, 0.4) is 0 Å². The molecule has 6 heteroatoms. The Balaban J connectivity index is 2.25. The number of rotatable bonds is 4. The van der Waals surface area contributed by atoms with E-state index in [0.29, 0.717) is 0 Å². The van der Waals surface area contributed by atoms with Crippen LogP contribution in [-0.2, 0) is 9.53 Å². The number of anilines is 1.